The number of benzene rings is 2. The highest BCUT2D eigenvalue weighted by Crippen LogP contribution is 2.30. The summed E-state index contributed by atoms with van der Waals surface area (Å²) in [4.78, 5) is 16.6. The molecule has 0 bridgehead atoms. The Balaban J connectivity index is 1.80. The summed E-state index contributed by atoms with van der Waals surface area (Å²) in [5, 5.41) is 32.5. The van der Waals surface area contributed by atoms with Gasteiger partial charge in [-0.1, -0.05) is 30.3 Å². The van der Waals surface area contributed by atoms with Crippen LogP contribution in [-0.2, 0) is 4.79 Å². The molecule has 0 radical (unpaired) electrons. The zero-order chi connectivity index (χ0) is 19.4. The van der Waals surface area contributed by atoms with Crippen molar-refractivity contribution in [1.29, 1.82) is 5.26 Å². The van der Waals surface area contributed by atoms with Gasteiger partial charge in [0.2, 0.25) is 0 Å². The molecule has 0 saturated carbocycles. The number of nitrogens with zero attached hydrogens (tertiary/aromatic N) is 2. The topological polar surface area (TPSA) is 106 Å². The van der Waals surface area contributed by atoms with E-state index in [1.165, 1.54) is 11.3 Å². The molecule has 1 heterocycles. The summed E-state index contributed by atoms with van der Waals surface area (Å²) in [6.45, 7) is 0. The number of anilines is 1. The number of nitrogens with one attached hydrogen (secondary N) is 1. The number of halogens is 1. The smallest absolute Gasteiger partial charge is 0.268 e. The van der Waals surface area contributed by atoms with Crippen LogP contribution in [0.1, 0.15) is 5.56 Å². The van der Waals surface area contributed by atoms with Crippen LogP contribution in [0.3, 0.4) is 0 Å². The molecule has 1 amide bonds. The minimum absolute atomic E-state index is 0.0543. The van der Waals surface area contributed by atoms with Crippen LogP contribution in [0.4, 0.5) is 9.52 Å². The van der Waals surface area contributed by atoms with E-state index in [9.17, 15) is 24.7 Å². The Hall–Kier alpha value is -3.70. The van der Waals surface area contributed by atoms with Crippen LogP contribution < -0.4 is 5.32 Å². The van der Waals surface area contributed by atoms with Crippen molar-refractivity contribution in [2.45, 2.75) is 0 Å². The van der Waals surface area contributed by atoms with Gasteiger partial charge in [-0.15, -0.1) is 11.3 Å². The van der Waals surface area contributed by atoms with E-state index in [0.717, 1.165) is 23.8 Å². The molecular weight excluding hydrogens is 369 g/mol. The number of thiazole rings is 1. The maximum atomic E-state index is 13.5. The molecule has 0 unspecified atom stereocenters. The quantitative estimate of drug-likeness (QED) is 0.361. The van der Waals surface area contributed by atoms with Gasteiger partial charge in [0, 0.05) is 10.9 Å². The molecule has 134 valence electrons. The normalized spacial score (nSPS) is 11.0. The molecule has 8 heteroatoms. The maximum absolute atomic E-state index is 13.5. The Morgan fingerprint density at radius 2 is 2.00 bits per heavy atom. The van der Waals surface area contributed by atoms with Crippen LogP contribution in [0.15, 0.2) is 53.4 Å². The van der Waals surface area contributed by atoms with Crippen molar-refractivity contribution in [2.24, 2.45) is 0 Å². The zero-order valence-corrected chi connectivity index (χ0v) is 14.5. The van der Waals surface area contributed by atoms with Gasteiger partial charge < -0.3 is 10.2 Å². The number of nitriles is 1. The number of amides is 1. The number of carbonyl (C=O) groups is 1. The number of aromatic nitrogens is 1. The highest BCUT2D eigenvalue weighted by molar-refractivity contribution is 7.14. The molecule has 0 atom stereocenters. The summed E-state index contributed by atoms with van der Waals surface area (Å²) >= 11 is 1.20. The molecule has 6 nitrogen and oxygen atoms in total. The summed E-state index contributed by atoms with van der Waals surface area (Å²) in [5.41, 5.74) is 1.32. The number of phenolic OH excluding ortho intramolecular Hbond substituents is 2. The van der Waals surface area contributed by atoms with Gasteiger partial charge in [-0.05, 0) is 23.8 Å². The van der Waals surface area contributed by atoms with Crippen molar-refractivity contribution in [3.05, 3.63) is 64.8 Å². The maximum Gasteiger partial charge on any atom is 0.268 e. The minimum Gasteiger partial charge on any atom is -0.504 e. The lowest BCUT2D eigenvalue weighted by Crippen LogP contribution is -2.13. The lowest BCUT2D eigenvalue weighted by atomic mass is 10.1. The second-order valence-corrected chi connectivity index (χ2v) is 6.26. The second kappa shape index (κ2) is 7.68. The molecule has 1 aromatic heterocycles. The largest absolute Gasteiger partial charge is 0.504 e. The molecule has 0 aliphatic heterocycles. The number of hydrogen-bond acceptors (Lipinski definition) is 6. The number of phenols is 2. The van der Waals surface area contributed by atoms with Gasteiger partial charge in [0.15, 0.2) is 22.4 Å². The van der Waals surface area contributed by atoms with Gasteiger partial charge in [0.05, 0.1) is 5.69 Å². The van der Waals surface area contributed by atoms with Crippen LogP contribution in [0, 0.1) is 17.1 Å². The lowest BCUT2D eigenvalue weighted by Gasteiger charge is -2.03. The van der Waals surface area contributed by atoms with Crippen molar-refractivity contribution < 1.29 is 19.4 Å². The molecule has 0 saturated heterocycles. The fourth-order valence-electron chi connectivity index (χ4n) is 2.24. The Kier molecular flexibility index (Phi) is 5.15. The Labute approximate surface area is 157 Å². The van der Waals surface area contributed by atoms with Crippen molar-refractivity contribution in [3.8, 4) is 28.8 Å². The third kappa shape index (κ3) is 4.11. The summed E-state index contributed by atoms with van der Waals surface area (Å²) in [6, 6.07) is 13.0. The van der Waals surface area contributed by atoms with Gasteiger partial charge in [0.25, 0.3) is 5.91 Å². The molecule has 0 spiro atoms. The highest BCUT2D eigenvalue weighted by atomic mass is 32.1. The highest BCUT2D eigenvalue weighted by Gasteiger charge is 2.14. The SMILES string of the molecule is N#C/C(=C\c1cc(O)c(O)c(F)c1)C(=O)Nc1nc(-c2ccccc2)cs1. The first-order valence-electron chi connectivity index (χ1n) is 7.63. The van der Waals surface area contributed by atoms with Crippen LogP contribution >= 0.6 is 11.3 Å². The van der Waals surface area contributed by atoms with Crippen LogP contribution in [0.25, 0.3) is 17.3 Å². The number of carbonyl (C=O) groups excluding carboxylic acids is 1. The van der Waals surface area contributed by atoms with Crippen molar-refractivity contribution in [3.63, 3.8) is 0 Å². The number of rotatable bonds is 4. The molecular formula is C19H12FN3O3S. The van der Waals surface area contributed by atoms with Crippen molar-refractivity contribution >= 4 is 28.5 Å². The first-order chi connectivity index (χ1) is 13.0. The van der Waals surface area contributed by atoms with E-state index < -0.39 is 23.2 Å². The van der Waals surface area contributed by atoms with Crippen molar-refractivity contribution in [2.75, 3.05) is 5.32 Å². The molecule has 0 aliphatic rings. The summed E-state index contributed by atoms with van der Waals surface area (Å²) in [7, 11) is 0. The van der Waals surface area contributed by atoms with E-state index in [1.54, 1.807) is 11.4 Å². The van der Waals surface area contributed by atoms with E-state index >= 15 is 0 Å². The van der Waals surface area contributed by atoms with E-state index in [-0.39, 0.29) is 11.1 Å². The predicted octanol–water partition coefficient (Wildman–Crippen LogP) is 3.91. The first-order valence-corrected chi connectivity index (χ1v) is 8.51. The molecule has 0 fully saturated rings. The Morgan fingerprint density at radius 3 is 2.67 bits per heavy atom. The van der Waals surface area contributed by atoms with E-state index in [4.69, 9.17) is 0 Å². The zero-order valence-electron chi connectivity index (χ0n) is 13.7. The summed E-state index contributed by atoms with van der Waals surface area (Å²) in [6.07, 6.45) is 1.10. The summed E-state index contributed by atoms with van der Waals surface area (Å²) < 4.78 is 13.5. The van der Waals surface area contributed by atoms with E-state index in [0.29, 0.717) is 10.8 Å². The van der Waals surface area contributed by atoms with Gasteiger partial charge in [-0.2, -0.15) is 5.26 Å². The second-order valence-electron chi connectivity index (χ2n) is 5.40. The predicted molar refractivity (Wildman–Crippen MR) is 99.5 cm³/mol. The van der Waals surface area contributed by atoms with Crippen LogP contribution in [0.5, 0.6) is 11.5 Å². The molecule has 2 aromatic carbocycles. The van der Waals surface area contributed by atoms with Crippen LogP contribution in [-0.4, -0.2) is 21.1 Å². The fraction of sp³-hybridized carbons (Fsp3) is 0. The fourth-order valence-corrected chi connectivity index (χ4v) is 2.96. The van der Waals surface area contributed by atoms with Crippen LogP contribution in [0.2, 0.25) is 0 Å². The summed E-state index contributed by atoms with van der Waals surface area (Å²) in [5.74, 6) is -3.37. The standard InChI is InChI=1S/C19H12FN3O3S/c20-14-7-11(8-16(24)17(14)25)6-13(9-21)18(26)23-19-22-15(10-27-19)12-4-2-1-3-5-12/h1-8,10,24-25H,(H,22,23,26)/b13-6+. The Bertz CT molecular complexity index is 1050. The van der Waals surface area contributed by atoms with E-state index in [1.807, 2.05) is 30.3 Å². The first kappa shape index (κ1) is 18.1. The van der Waals surface area contributed by atoms with E-state index in [2.05, 4.69) is 10.3 Å². The number of hydrogen-bond donors (Lipinski definition) is 3. The average molecular weight is 381 g/mol. The van der Waals surface area contributed by atoms with Gasteiger partial charge >= 0.3 is 0 Å². The monoisotopic (exact) mass is 381 g/mol. The molecule has 3 aromatic rings. The molecule has 3 N–H and O–H groups in total. The number of aromatic hydroxyl groups is 2. The molecule has 3 rings (SSSR count). The lowest BCUT2D eigenvalue weighted by molar-refractivity contribution is -0.112. The van der Waals surface area contributed by atoms with Gasteiger partial charge in [-0.3, -0.25) is 10.1 Å². The minimum atomic E-state index is -1.06. The third-order valence-electron chi connectivity index (χ3n) is 3.54. The molecule has 27 heavy (non-hydrogen) atoms. The van der Waals surface area contributed by atoms with Crippen molar-refractivity contribution in [1.82, 2.24) is 4.98 Å². The third-order valence-corrected chi connectivity index (χ3v) is 4.29. The molecule has 0 aliphatic carbocycles. The Morgan fingerprint density at radius 1 is 1.26 bits per heavy atom. The van der Waals surface area contributed by atoms with Gasteiger partial charge in [0.1, 0.15) is 11.6 Å². The average Bonchev–Trinajstić information content (AvgIpc) is 3.13. The van der Waals surface area contributed by atoms with Gasteiger partial charge in [-0.25, -0.2) is 9.37 Å².